The molecule has 1 aliphatic heterocycles. The molecule has 1 aliphatic rings. The number of thiophene rings is 1. The molecule has 8 nitrogen and oxygen atoms in total. The zero-order valence-electron chi connectivity index (χ0n) is 17.2. The van der Waals surface area contributed by atoms with Crippen LogP contribution in [0.4, 0.5) is 0 Å². The van der Waals surface area contributed by atoms with Crippen LogP contribution in [0.15, 0.2) is 55.9 Å². The molecule has 3 heterocycles. The van der Waals surface area contributed by atoms with Crippen molar-refractivity contribution in [3.63, 3.8) is 0 Å². The Balaban J connectivity index is 1.48. The van der Waals surface area contributed by atoms with E-state index in [1.165, 1.54) is 27.1 Å². The van der Waals surface area contributed by atoms with Crippen LogP contribution in [0.25, 0.3) is 17.2 Å². The molecular formula is C21H23N3O5S2. The van der Waals surface area contributed by atoms with Crippen molar-refractivity contribution in [1.82, 2.24) is 13.8 Å². The monoisotopic (exact) mass is 461 g/mol. The third kappa shape index (κ3) is 4.23. The first-order chi connectivity index (χ1) is 14.8. The molecule has 1 saturated heterocycles. The van der Waals surface area contributed by atoms with Crippen molar-refractivity contribution < 1.29 is 17.6 Å². The molecule has 0 bridgehead atoms. The van der Waals surface area contributed by atoms with Crippen LogP contribution in [0, 0.1) is 0 Å². The Labute approximate surface area is 184 Å². The van der Waals surface area contributed by atoms with E-state index in [4.69, 9.17) is 4.42 Å². The lowest BCUT2D eigenvalue weighted by atomic mass is 10.3. The zero-order chi connectivity index (χ0) is 22.2. The van der Waals surface area contributed by atoms with Gasteiger partial charge in [0, 0.05) is 49.2 Å². The lowest BCUT2D eigenvalue weighted by molar-refractivity contribution is -0.127. The van der Waals surface area contributed by atoms with Crippen molar-refractivity contribution in [2.24, 2.45) is 0 Å². The summed E-state index contributed by atoms with van der Waals surface area (Å²) in [5, 5.41) is 1.94. The highest BCUT2D eigenvalue weighted by molar-refractivity contribution is 7.89. The standard InChI is InChI=1S/C21H23N3O5S2/c1-15(2)24-18-7-6-17(14-19(18)29-21(24)26)31(27,28)23-11-9-22(10-12-23)20(25)8-5-16-4-3-13-30-16/h3-8,13-15H,9-12H2,1-2H3/b8-5+. The summed E-state index contributed by atoms with van der Waals surface area (Å²) in [4.78, 5) is 27.2. The average Bonchev–Trinajstić information content (AvgIpc) is 3.38. The second-order valence-corrected chi connectivity index (χ2v) is 10.5. The van der Waals surface area contributed by atoms with Crippen LogP contribution in [0.5, 0.6) is 0 Å². The minimum atomic E-state index is -3.77. The van der Waals surface area contributed by atoms with Gasteiger partial charge < -0.3 is 9.32 Å². The summed E-state index contributed by atoms with van der Waals surface area (Å²) in [6.45, 7) is 4.75. The lowest BCUT2D eigenvalue weighted by Crippen LogP contribution is -2.50. The van der Waals surface area contributed by atoms with E-state index >= 15 is 0 Å². The number of aromatic nitrogens is 1. The molecular weight excluding hydrogens is 438 g/mol. The van der Waals surface area contributed by atoms with Crippen LogP contribution in [0.3, 0.4) is 0 Å². The predicted octanol–water partition coefficient (Wildman–Crippen LogP) is 2.78. The molecule has 1 amide bonds. The first-order valence-electron chi connectivity index (χ1n) is 9.93. The number of carbonyl (C=O) groups excluding carboxylic acids is 1. The molecule has 10 heteroatoms. The number of hydrogen-bond donors (Lipinski definition) is 0. The minimum Gasteiger partial charge on any atom is -0.408 e. The van der Waals surface area contributed by atoms with E-state index in [9.17, 15) is 18.0 Å². The van der Waals surface area contributed by atoms with Gasteiger partial charge in [0.05, 0.1) is 10.4 Å². The van der Waals surface area contributed by atoms with Gasteiger partial charge in [0.15, 0.2) is 5.58 Å². The van der Waals surface area contributed by atoms with E-state index in [1.54, 1.807) is 28.4 Å². The Bertz CT molecular complexity index is 1280. The highest BCUT2D eigenvalue weighted by Crippen LogP contribution is 2.24. The maximum Gasteiger partial charge on any atom is 0.420 e. The zero-order valence-corrected chi connectivity index (χ0v) is 18.9. The van der Waals surface area contributed by atoms with Crippen LogP contribution in [0.1, 0.15) is 24.8 Å². The number of oxazole rings is 1. The second kappa shape index (κ2) is 8.45. The third-order valence-electron chi connectivity index (χ3n) is 5.22. The van der Waals surface area contributed by atoms with Crippen molar-refractivity contribution in [2.45, 2.75) is 24.8 Å². The Hall–Kier alpha value is -2.69. The highest BCUT2D eigenvalue weighted by atomic mass is 32.2. The summed E-state index contributed by atoms with van der Waals surface area (Å²) >= 11 is 1.54. The summed E-state index contributed by atoms with van der Waals surface area (Å²) < 4.78 is 34.3. The first kappa shape index (κ1) is 21.5. The maximum atomic E-state index is 13.1. The smallest absolute Gasteiger partial charge is 0.408 e. The largest absolute Gasteiger partial charge is 0.420 e. The molecule has 0 unspecified atom stereocenters. The number of amides is 1. The maximum absolute atomic E-state index is 13.1. The van der Waals surface area contributed by atoms with Gasteiger partial charge in [0.25, 0.3) is 0 Å². The van der Waals surface area contributed by atoms with Gasteiger partial charge in [-0.2, -0.15) is 4.31 Å². The van der Waals surface area contributed by atoms with Gasteiger partial charge in [-0.05, 0) is 43.5 Å². The van der Waals surface area contributed by atoms with Crippen molar-refractivity contribution in [3.8, 4) is 0 Å². The lowest BCUT2D eigenvalue weighted by Gasteiger charge is -2.33. The van der Waals surface area contributed by atoms with Gasteiger partial charge in [0.1, 0.15) is 0 Å². The van der Waals surface area contributed by atoms with Crippen molar-refractivity contribution in [1.29, 1.82) is 0 Å². The van der Waals surface area contributed by atoms with E-state index in [1.807, 2.05) is 31.4 Å². The van der Waals surface area contributed by atoms with Gasteiger partial charge in [0.2, 0.25) is 15.9 Å². The van der Waals surface area contributed by atoms with Crippen LogP contribution in [0.2, 0.25) is 0 Å². The molecule has 1 fully saturated rings. The number of nitrogens with zero attached hydrogens (tertiary/aromatic N) is 3. The van der Waals surface area contributed by atoms with Crippen molar-refractivity contribution >= 4 is 44.4 Å². The molecule has 2 aromatic heterocycles. The molecule has 0 aliphatic carbocycles. The summed E-state index contributed by atoms with van der Waals surface area (Å²) in [6, 6.07) is 8.23. The van der Waals surface area contributed by atoms with E-state index in [0.29, 0.717) is 18.6 Å². The minimum absolute atomic E-state index is 0.0713. The topological polar surface area (TPSA) is 92.8 Å². The molecule has 0 spiro atoms. The number of carbonyl (C=O) groups is 1. The van der Waals surface area contributed by atoms with Crippen LogP contribution < -0.4 is 5.76 Å². The molecule has 0 N–H and O–H groups in total. The Morgan fingerprint density at radius 2 is 1.90 bits per heavy atom. The number of sulfonamides is 1. The normalized spacial score (nSPS) is 16.0. The highest BCUT2D eigenvalue weighted by Gasteiger charge is 2.30. The van der Waals surface area contributed by atoms with Crippen LogP contribution in [-0.2, 0) is 14.8 Å². The van der Waals surface area contributed by atoms with Gasteiger partial charge in [-0.15, -0.1) is 11.3 Å². The Kier molecular flexibility index (Phi) is 5.87. The molecule has 1 aromatic carbocycles. The number of piperazine rings is 1. The van der Waals surface area contributed by atoms with Gasteiger partial charge in [-0.1, -0.05) is 6.07 Å². The number of benzene rings is 1. The Morgan fingerprint density at radius 3 is 2.55 bits per heavy atom. The van der Waals surface area contributed by atoms with Crippen molar-refractivity contribution in [3.05, 3.63) is 57.2 Å². The summed E-state index contributed by atoms with van der Waals surface area (Å²) in [5.74, 6) is -0.647. The molecule has 31 heavy (non-hydrogen) atoms. The number of rotatable bonds is 5. The summed E-state index contributed by atoms with van der Waals surface area (Å²) in [6.07, 6.45) is 3.29. The SMILES string of the molecule is CC(C)n1c(=O)oc2cc(S(=O)(=O)N3CCN(C(=O)/C=C/c4cccs4)CC3)ccc21. The molecule has 3 aromatic rings. The molecule has 0 saturated carbocycles. The fourth-order valence-electron chi connectivity index (χ4n) is 3.61. The predicted molar refractivity (Wildman–Crippen MR) is 120 cm³/mol. The van der Waals surface area contributed by atoms with Crippen molar-refractivity contribution in [2.75, 3.05) is 26.2 Å². The van der Waals surface area contributed by atoms with Gasteiger partial charge in [-0.3, -0.25) is 9.36 Å². The third-order valence-corrected chi connectivity index (χ3v) is 7.95. The molecule has 4 rings (SSSR count). The van der Waals surface area contributed by atoms with Crippen LogP contribution >= 0.6 is 11.3 Å². The van der Waals surface area contributed by atoms with Crippen LogP contribution in [-0.4, -0.2) is 54.3 Å². The molecule has 0 atom stereocenters. The fraction of sp³-hybridized carbons (Fsp3) is 0.333. The quantitative estimate of drug-likeness (QED) is 0.545. The summed E-state index contributed by atoms with van der Waals surface area (Å²) in [7, 11) is -3.77. The second-order valence-electron chi connectivity index (χ2n) is 7.54. The van der Waals surface area contributed by atoms with E-state index in [2.05, 4.69) is 0 Å². The van der Waals surface area contributed by atoms with E-state index in [0.717, 1.165) is 4.88 Å². The van der Waals surface area contributed by atoms with Gasteiger partial charge >= 0.3 is 5.76 Å². The van der Waals surface area contributed by atoms with Gasteiger partial charge in [-0.25, -0.2) is 13.2 Å². The fourth-order valence-corrected chi connectivity index (χ4v) is 5.67. The first-order valence-corrected chi connectivity index (χ1v) is 12.2. The number of fused-ring (bicyclic) bond motifs is 1. The van der Waals surface area contributed by atoms with E-state index in [-0.39, 0.29) is 35.5 Å². The Morgan fingerprint density at radius 1 is 1.16 bits per heavy atom. The molecule has 164 valence electrons. The molecule has 0 radical (unpaired) electrons. The number of hydrogen-bond acceptors (Lipinski definition) is 6. The van der Waals surface area contributed by atoms with E-state index < -0.39 is 15.8 Å². The average molecular weight is 462 g/mol. The summed E-state index contributed by atoms with van der Waals surface area (Å²) in [5.41, 5.74) is 0.805.